The first-order valence-electron chi connectivity index (χ1n) is 6.21. The lowest BCUT2D eigenvalue weighted by atomic mass is 10.2. The Morgan fingerprint density at radius 1 is 1.09 bits per heavy atom. The number of amides is 1. The molecule has 0 unspecified atom stereocenters. The number of rotatable bonds is 4. The third-order valence-corrected chi connectivity index (χ3v) is 3.39. The number of alkyl halides is 3. The highest BCUT2D eigenvalue weighted by molar-refractivity contribution is 9.10. The smallest absolute Gasteiger partial charge is 0.416 e. The van der Waals surface area contributed by atoms with Gasteiger partial charge in [-0.15, -0.1) is 0 Å². The first-order chi connectivity index (χ1) is 10.4. The summed E-state index contributed by atoms with van der Waals surface area (Å²) in [7, 11) is 0. The molecule has 0 bridgehead atoms. The molecule has 0 saturated heterocycles. The summed E-state index contributed by atoms with van der Waals surface area (Å²) in [5, 5.41) is 2.63. The molecule has 0 heterocycles. The van der Waals surface area contributed by atoms with Gasteiger partial charge in [-0.25, -0.2) is 0 Å². The predicted octanol–water partition coefficient (Wildman–Crippen LogP) is 4.49. The summed E-state index contributed by atoms with van der Waals surface area (Å²) in [4.78, 5) is 11.7. The Morgan fingerprint density at radius 3 is 2.32 bits per heavy atom. The molecule has 0 fully saturated rings. The molecule has 0 saturated carbocycles. The Morgan fingerprint density at radius 2 is 1.73 bits per heavy atom. The lowest BCUT2D eigenvalue weighted by Crippen LogP contribution is -2.20. The summed E-state index contributed by atoms with van der Waals surface area (Å²) in [5.41, 5.74) is -0.180. The van der Waals surface area contributed by atoms with Crippen molar-refractivity contribution in [3.05, 3.63) is 58.6 Å². The molecule has 2 aromatic rings. The molecule has 0 aliphatic rings. The van der Waals surface area contributed by atoms with Crippen LogP contribution in [0.15, 0.2) is 53.0 Å². The van der Waals surface area contributed by atoms with Gasteiger partial charge in [0.15, 0.2) is 6.61 Å². The fraction of sp³-hybridized carbons (Fsp3) is 0.133. The van der Waals surface area contributed by atoms with Crippen LogP contribution >= 0.6 is 15.9 Å². The van der Waals surface area contributed by atoms with E-state index in [4.69, 9.17) is 4.74 Å². The number of carbonyl (C=O) groups is 1. The van der Waals surface area contributed by atoms with E-state index in [2.05, 4.69) is 21.2 Å². The minimum absolute atomic E-state index is 0.190. The molecule has 0 aromatic heterocycles. The van der Waals surface area contributed by atoms with E-state index in [1.165, 1.54) is 12.1 Å². The van der Waals surface area contributed by atoms with Gasteiger partial charge in [0.1, 0.15) is 5.75 Å². The minimum atomic E-state index is -4.39. The monoisotopic (exact) mass is 373 g/mol. The maximum Gasteiger partial charge on any atom is 0.416 e. The maximum atomic E-state index is 12.4. The molecule has 116 valence electrons. The zero-order valence-corrected chi connectivity index (χ0v) is 12.7. The van der Waals surface area contributed by atoms with E-state index in [0.29, 0.717) is 5.69 Å². The van der Waals surface area contributed by atoms with Gasteiger partial charge in [-0.2, -0.15) is 13.2 Å². The summed E-state index contributed by atoms with van der Waals surface area (Å²) in [6.07, 6.45) is -4.39. The van der Waals surface area contributed by atoms with Crippen LogP contribution in [-0.2, 0) is 11.0 Å². The van der Waals surface area contributed by atoms with Crippen molar-refractivity contribution < 1.29 is 22.7 Å². The number of hydrogen-bond acceptors (Lipinski definition) is 2. The van der Waals surface area contributed by atoms with Crippen molar-refractivity contribution in [2.24, 2.45) is 0 Å². The molecule has 0 radical (unpaired) electrons. The predicted molar refractivity (Wildman–Crippen MR) is 79.7 cm³/mol. The van der Waals surface area contributed by atoms with E-state index < -0.39 is 17.6 Å². The van der Waals surface area contributed by atoms with Crippen LogP contribution in [-0.4, -0.2) is 12.5 Å². The van der Waals surface area contributed by atoms with Gasteiger partial charge in [-0.1, -0.05) is 12.1 Å². The van der Waals surface area contributed by atoms with Crippen molar-refractivity contribution in [3.63, 3.8) is 0 Å². The van der Waals surface area contributed by atoms with E-state index in [0.717, 1.165) is 16.6 Å². The molecule has 1 N–H and O–H groups in total. The zero-order valence-electron chi connectivity index (χ0n) is 11.2. The van der Waals surface area contributed by atoms with Crippen LogP contribution < -0.4 is 10.1 Å². The Hall–Kier alpha value is -2.02. The average molecular weight is 374 g/mol. The molecule has 0 atom stereocenters. The Bertz CT molecular complexity index is 657. The summed E-state index contributed by atoms with van der Waals surface area (Å²) in [6, 6.07) is 11.2. The fourth-order valence-corrected chi connectivity index (χ4v) is 2.02. The fourth-order valence-electron chi connectivity index (χ4n) is 1.64. The second kappa shape index (κ2) is 6.83. The van der Waals surface area contributed by atoms with Crippen LogP contribution in [0, 0.1) is 0 Å². The van der Waals surface area contributed by atoms with Crippen molar-refractivity contribution in [1.82, 2.24) is 0 Å². The normalized spacial score (nSPS) is 11.1. The maximum absolute atomic E-state index is 12.4. The third kappa shape index (κ3) is 4.49. The number of hydrogen-bond donors (Lipinski definition) is 1. The second-order valence-corrected chi connectivity index (χ2v) is 5.19. The van der Waals surface area contributed by atoms with Crippen molar-refractivity contribution in [2.75, 3.05) is 11.9 Å². The molecular formula is C15H11BrF3NO2. The molecule has 1 amide bonds. The Labute approximate surface area is 133 Å². The Balaban J connectivity index is 1.90. The van der Waals surface area contributed by atoms with Gasteiger partial charge in [0.25, 0.3) is 5.91 Å². The summed E-state index contributed by atoms with van der Waals surface area (Å²) in [6.45, 7) is -0.299. The van der Waals surface area contributed by atoms with E-state index in [-0.39, 0.29) is 12.4 Å². The van der Waals surface area contributed by atoms with Crippen LogP contribution in [0.1, 0.15) is 5.56 Å². The third-order valence-electron chi connectivity index (χ3n) is 2.70. The lowest BCUT2D eigenvalue weighted by molar-refractivity contribution is -0.137. The van der Waals surface area contributed by atoms with E-state index >= 15 is 0 Å². The number of anilines is 1. The highest BCUT2D eigenvalue weighted by Gasteiger charge is 2.30. The minimum Gasteiger partial charge on any atom is -0.484 e. The second-order valence-electron chi connectivity index (χ2n) is 4.34. The van der Waals surface area contributed by atoms with Gasteiger partial charge in [0.2, 0.25) is 0 Å². The van der Waals surface area contributed by atoms with Crippen LogP contribution in [0.2, 0.25) is 0 Å². The zero-order chi connectivity index (χ0) is 16.2. The van der Waals surface area contributed by atoms with E-state index in [9.17, 15) is 18.0 Å². The number of ether oxygens (including phenoxy) is 1. The summed E-state index contributed by atoms with van der Waals surface area (Å²) >= 11 is 3.29. The molecule has 2 rings (SSSR count). The molecule has 7 heteroatoms. The topological polar surface area (TPSA) is 38.3 Å². The average Bonchev–Trinajstić information content (AvgIpc) is 2.47. The lowest BCUT2D eigenvalue weighted by Gasteiger charge is -2.10. The largest absolute Gasteiger partial charge is 0.484 e. The molecule has 0 aliphatic carbocycles. The van der Waals surface area contributed by atoms with Gasteiger partial charge >= 0.3 is 6.18 Å². The molecular weight excluding hydrogens is 363 g/mol. The van der Waals surface area contributed by atoms with Gasteiger partial charge in [-0.3, -0.25) is 4.79 Å². The molecule has 3 nitrogen and oxygen atoms in total. The number of benzene rings is 2. The molecule has 22 heavy (non-hydrogen) atoms. The number of para-hydroxylation sites is 1. The quantitative estimate of drug-likeness (QED) is 0.857. The van der Waals surface area contributed by atoms with Crippen LogP contribution in [0.5, 0.6) is 5.75 Å². The first kappa shape index (κ1) is 16.4. The van der Waals surface area contributed by atoms with Gasteiger partial charge in [0.05, 0.1) is 11.3 Å². The highest BCUT2D eigenvalue weighted by Crippen LogP contribution is 2.30. The van der Waals surface area contributed by atoms with Crippen molar-refractivity contribution in [1.29, 1.82) is 0 Å². The first-order valence-corrected chi connectivity index (χ1v) is 7.00. The molecule has 2 aromatic carbocycles. The van der Waals surface area contributed by atoms with Crippen molar-refractivity contribution in [3.8, 4) is 5.75 Å². The van der Waals surface area contributed by atoms with Crippen LogP contribution in [0.4, 0.5) is 18.9 Å². The number of halogens is 4. The Kier molecular flexibility index (Phi) is 5.07. The van der Waals surface area contributed by atoms with Crippen LogP contribution in [0.25, 0.3) is 0 Å². The van der Waals surface area contributed by atoms with E-state index in [1.807, 2.05) is 0 Å². The van der Waals surface area contributed by atoms with E-state index in [1.54, 1.807) is 24.3 Å². The summed E-state index contributed by atoms with van der Waals surface area (Å²) in [5.74, 6) is -0.220. The SMILES string of the molecule is O=C(COc1ccc(C(F)(F)F)cc1)Nc1ccccc1Br. The standard InChI is InChI=1S/C15H11BrF3NO2/c16-12-3-1-2-4-13(12)20-14(21)9-22-11-7-5-10(6-8-11)15(17,18)19/h1-8H,9H2,(H,20,21). The number of nitrogens with one attached hydrogen (secondary N) is 1. The van der Waals surface area contributed by atoms with Crippen molar-refractivity contribution in [2.45, 2.75) is 6.18 Å². The molecule has 0 spiro atoms. The molecule has 0 aliphatic heterocycles. The van der Waals surface area contributed by atoms with Gasteiger partial charge < -0.3 is 10.1 Å². The van der Waals surface area contributed by atoms with Crippen LogP contribution in [0.3, 0.4) is 0 Å². The number of carbonyl (C=O) groups excluding carboxylic acids is 1. The summed E-state index contributed by atoms with van der Waals surface area (Å²) < 4.78 is 43.1. The highest BCUT2D eigenvalue weighted by atomic mass is 79.9. The van der Waals surface area contributed by atoms with Crippen molar-refractivity contribution >= 4 is 27.5 Å². The van der Waals surface area contributed by atoms with Gasteiger partial charge in [-0.05, 0) is 52.3 Å². The van der Waals surface area contributed by atoms with Gasteiger partial charge in [0, 0.05) is 4.47 Å².